The average molecular weight is 521 g/mol. The number of amides is 3. The van der Waals surface area contributed by atoms with E-state index in [4.69, 9.17) is 16.3 Å². The molecule has 0 unspecified atom stereocenters. The molecule has 3 amide bonds. The second-order valence-electron chi connectivity index (χ2n) is 6.90. The van der Waals surface area contributed by atoms with E-state index in [0.717, 1.165) is 31.3 Å². The highest BCUT2D eigenvalue weighted by molar-refractivity contribution is 6.32. The molecule has 0 heterocycles. The fraction of sp³-hybridized carbons (Fsp3) is 0.0909. The number of hydrogen-bond acceptors (Lipinski definition) is 3. The quantitative estimate of drug-likeness (QED) is 0.390. The van der Waals surface area contributed by atoms with Crippen molar-refractivity contribution in [2.45, 2.75) is 6.18 Å². The van der Waals surface area contributed by atoms with Crippen molar-refractivity contribution in [2.24, 2.45) is 0 Å². The number of imide groups is 1. The fourth-order valence-electron chi connectivity index (χ4n) is 2.78. The number of nitrogens with one attached hydrogen (secondary N) is 1. The molecule has 0 radical (unpaired) electrons. The Morgan fingerprint density at radius 2 is 1.49 bits per heavy atom. The number of halogens is 8. The van der Waals surface area contributed by atoms with Gasteiger partial charge in [-0.2, -0.15) is 13.2 Å². The van der Waals surface area contributed by atoms with Gasteiger partial charge in [0.1, 0.15) is 22.9 Å². The summed E-state index contributed by atoms with van der Waals surface area (Å²) in [6.07, 6.45) is -4.70. The van der Waals surface area contributed by atoms with Gasteiger partial charge in [0.15, 0.2) is 17.4 Å². The van der Waals surface area contributed by atoms with Crippen LogP contribution < -0.4 is 15.0 Å². The molecule has 0 aliphatic carbocycles. The standard InChI is InChI=1S/C22H12ClF7N2O3/c1-32(21(34)31-20(33)18-13(24)3-2-4-14(18)25)11-8-15(26)19(16(27)9-11)35-17-6-5-10(7-12(17)23)22(28,29)30/h2-9H,1H3,(H,31,33,34). The van der Waals surface area contributed by atoms with Crippen LogP contribution in [0.4, 0.5) is 41.2 Å². The third-order valence-electron chi connectivity index (χ3n) is 4.56. The summed E-state index contributed by atoms with van der Waals surface area (Å²) in [5.74, 6) is -8.17. The summed E-state index contributed by atoms with van der Waals surface area (Å²) in [5, 5.41) is 1.11. The predicted octanol–water partition coefficient (Wildman–Crippen LogP) is 6.69. The fourth-order valence-corrected chi connectivity index (χ4v) is 3.00. The minimum atomic E-state index is -4.70. The van der Waals surface area contributed by atoms with E-state index in [1.54, 1.807) is 5.32 Å². The molecule has 0 atom stereocenters. The van der Waals surface area contributed by atoms with Gasteiger partial charge in [-0.25, -0.2) is 22.4 Å². The number of carbonyl (C=O) groups excluding carboxylic acids is 2. The molecule has 0 saturated heterocycles. The van der Waals surface area contributed by atoms with Gasteiger partial charge >= 0.3 is 12.2 Å². The third-order valence-corrected chi connectivity index (χ3v) is 4.85. The van der Waals surface area contributed by atoms with Crippen molar-refractivity contribution < 1.29 is 45.1 Å². The summed E-state index contributed by atoms with van der Waals surface area (Å²) in [7, 11) is 1.00. The molecule has 0 fully saturated rings. The topological polar surface area (TPSA) is 58.6 Å². The number of ether oxygens (including phenoxy) is 1. The van der Waals surface area contributed by atoms with Crippen molar-refractivity contribution in [3.05, 3.63) is 87.9 Å². The van der Waals surface area contributed by atoms with Crippen molar-refractivity contribution in [3.63, 3.8) is 0 Å². The first-order chi connectivity index (χ1) is 16.3. The first-order valence-electron chi connectivity index (χ1n) is 9.36. The van der Waals surface area contributed by atoms with Gasteiger partial charge in [-0.15, -0.1) is 0 Å². The van der Waals surface area contributed by atoms with Gasteiger partial charge in [-0.05, 0) is 30.3 Å². The van der Waals surface area contributed by atoms with E-state index in [1.807, 2.05) is 0 Å². The van der Waals surface area contributed by atoms with Crippen molar-refractivity contribution in [1.82, 2.24) is 5.32 Å². The van der Waals surface area contributed by atoms with Gasteiger partial charge in [-0.1, -0.05) is 17.7 Å². The highest BCUT2D eigenvalue weighted by Crippen LogP contribution is 2.38. The summed E-state index contributed by atoms with van der Waals surface area (Å²) in [6, 6.07) is 4.41. The molecule has 3 aromatic rings. The summed E-state index contributed by atoms with van der Waals surface area (Å²) >= 11 is 5.72. The third kappa shape index (κ3) is 5.65. The van der Waals surface area contributed by atoms with Crippen LogP contribution in [-0.2, 0) is 6.18 Å². The molecule has 35 heavy (non-hydrogen) atoms. The number of benzene rings is 3. The van der Waals surface area contributed by atoms with Gasteiger partial charge in [0.2, 0.25) is 0 Å². The maximum atomic E-state index is 14.5. The molecule has 0 bridgehead atoms. The van der Waals surface area contributed by atoms with Crippen LogP contribution in [0.3, 0.4) is 0 Å². The van der Waals surface area contributed by atoms with Crippen molar-refractivity contribution in [1.29, 1.82) is 0 Å². The van der Waals surface area contributed by atoms with E-state index in [2.05, 4.69) is 0 Å². The van der Waals surface area contributed by atoms with Crippen molar-refractivity contribution in [2.75, 3.05) is 11.9 Å². The number of carbonyl (C=O) groups is 2. The summed E-state index contributed by atoms with van der Waals surface area (Å²) in [4.78, 5) is 24.9. The molecule has 13 heteroatoms. The van der Waals surface area contributed by atoms with E-state index >= 15 is 0 Å². The number of alkyl halides is 3. The molecule has 3 aromatic carbocycles. The second kappa shape index (κ2) is 9.82. The zero-order valence-corrected chi connectivity index (χ0v) is 18.1. The Balaban J connectivity index is 1.80. The number of hydrogen-bond donors (Lipinski definition) is 1. The Morgan fingerprint density at radius 1 is 0.914 bits per heavy atom. The SMILES string of the molecule is CN(C(=O)NC(=O)c1c(F)cccc1F)c1cc(F)c(Oc2ccc(C(F)(F)F)cc2Cl)c(F)c1. The Bertz CT molecular complexity index is 1270. The molecule has 3 rings (SSSR count). The molecule has 0 aliphatic rings. The monoisotopic (exact) mass is 520 g/mol. The summed E-state index contributed by atoms with van der Waals surface area (Å²) < 4.78 is 99.7. The minimum Gasteiger partial charge on any atom is -0.450 e. The van der Waals surface area contributed by atoms with Crippen LogP contribution in [0.2, 0.25) is 5.02 Å². The molecule has 1 N–H and O–H groups in total. The second-order valence-corrected chi connectivity index (χ2v) is 7.31. The number of nitrogens with zero attached hydrogens (tertiary/aromatic N) is 1. The maximum Gasteiger partial charge on any atom is 0.416 e. The van der Waals surface area contributed by atoms with E-state index < -0.39 is 74.7 Å². The van der Waals surface area contributed by atoms with Crippen LogP contribution in [0.15, 0.2) is 48.5 Å². The molecule has 184 valence electrons. The lowest BCUT2D eigenvalue weighted by Gasteiger charge is -2.19. The largest absolute Gasteiger partial charge is 0.450 e. The van der Waals surface area contributed by atoms with Gasteiger partial charge in [0.05, 0.1) is 16.3 Å². The molecule has 0 aromatic heterocycles. The predicted molar refractivity (Wildman–Crippen MR) is 111 cm³/mol. The molecular weight excluding hydrogens is 509 g/mol. The van der Waals surface area contributed by atoms with E-state index in [0.29, 0.717) is 29.2 Å². The number of rotatable bonds is 4. The van der Waals surface area contributed by atoms with Crippen LogP contribution in [0.5, 0.6) is 11.5 Å². The van der Waals surface area contributed by atoms with Gasteiger partial charge < -0.3 is 4.74 Å². The summed E-state index contributed by atoms with van der Waals surface area (Å²) in [6.45, 7) is 0. The molecule has 0 aliphatic heterocycles. The van der Waals surface area contributed by atoms with Crippen LogP contribution >= 0.6 is 11.6 Å². The maximum absolute atomic E-state index is 14.5. The molecule has 0 saturated carbocycles. The smallest absolute Gasteiger partial charge is 0.416 e. The Kier molecular flexibility index (Phi) is 7.25. The first kappa shape index (κ1) is 25.8. The van der Waals surface area contributed by atoms with E-state index in [1.165, 1.54) is 0 Å². The zero-order chi connectivity index (χ0) is 26.1. The van der Waals surface area contributed by atoms with Gasteiger partial charge in [0, 0.05) is 19.2 Å². The zero-order valence-electron chi connectivity index (χ0n) is 17.3. The molecular formula is C22H12ClF7N2O3. The van der Waals surface area contributed by atoms with Crippen LogP contribution in [-0.4, -0.2) is 19.0 Å². The lowest BCUT2D eigenvalue weighted by Crippen LogP contribution is -2.41. The first-order valence-corrected chi connectivity index (χ1v) is 9.74. The lowest BCUT2D eigenvalue weighted by molar-refractivity contribution is -0.137. The highest BCUT2D eigenvalue weighted by Gasteiger charge is 2.31. The number of anilines is 1. The number of urea groups is 1. The molecule has 0 spiro atoms. The normalized spacial score (nSPS) is 11.2. The summed E-state index contributed by atoms with van der Waals surface area (Å²) in [5.41, 5.74) is -2.59. The Morgan fingerprint density at radius 3 is 2.00 bits per heavy atom. The van der Waals surface area contributed by atoms with Crippen molar-refractivity contribution in [3.8, 4) is 11.5 Å². The molecule has 5 nitrogen and oxygen atoms in total. The average Bonchev–Trinajstić information content (AvgIpc) is 2.75. The van der Waals surface area contributed by atoms with Gasteiger partial charge in [0.25, 0.3) is 5.91 Å². The Labute approximate surface area is 197 Å². The highest BCUT2D eigenvalue weighted by atomic mass is 35.5. The van der Waals surface area contributed by atoms with Gasteiger partial charge in [-0.3, -0.25) is 15.0 Å². The lowest BCUT2D eigenvalue weighted by atomic mass is 10.2. The van der Waals surface area contributed by atoms with Crippen molar-refractivity contribution >= 4 is 29.2 Å². The van der Waals surface area contributed by atoms with Crippen LogP contribution in [0, 0.1) is 23.3 Å². The Hall–Kier alpha value is -3.80. The van der Waals surface area contributed by atoms with Crippen LogP contribution in [0.1, 0.15) is 15.9 Å². The van der Waals surface area contributed by atoms with Crippen LogP contribution in [0.25, 0.3) is 0 Å². The van der Waals surface area contributed by atoms with E-state index in [9.17, 15) is 40.3 Å². The minimum absolute atomic E-state index is 0.440. The van der Waals surface area contributed by atoms with E-state index in [-0.39, 0.29) is 0 Å².